The van der Waals surface area contributed by atoms with Crippen LogP contribution in [0.5, 0.6) is 5.75 Å². The normalized spacial score (nSPS) is 11.3. The van der Waals surface area contributed by atoms with E-state index in [2.05, 4.69) is 91.0 Å². The van der Waals surface area contributed by atoms with Crippen LogP contribution in [0.2, 0.25) is 0 Å². The summed E-state index contributed by atoms with van der Waals surface area (Å²) in [4.78, 5) is 0. The molecule has 0 saturated carbocycles. The molecule has 5 rings (SSSR count). The number of benzene rings is 5. The third-order valence-electron chi connectivity index (χ3n) is 6.56. The molecule has 35 heavy (non-hydrogen) atoms. The van der Waals surface area contributed by atoms with Gasteiger partial charge in [0.25, 0.3) is 0 Å². The zero-order chi connectivity index (χ0) is 24.3. The Morgan fingerprint density at radius 2 is 0.914 bits per heavy atom. The van der Waals surface area contributed by atoms with E-state index in [0.717, 1.165) is 11.1 Å². The summed E-state index contributed by atoms with van der Waals surface area (Å²) in [7, 11) is -4.40. The van der Waals surface area contributed by atoms with Gasteiger partial charge in [0.1, 0.15) is 5.75 Å². The number of hydrogen-bond acceptors (Lipinski definition) is 3. The number of rotatable bonds is 6. The molecular weight excluding hydrogens is 447 g/mol. The quantitative estimate of drug-likeness (QED) is 0.262. The van der Waals surface area contributed by atoms with Gasteiger partial charge in [-0.25, -0.2) is 0 Å². The molecule has 0 amide bonds. The van der Waals surface area contributed by atoms with Crippen molar-refractivity contribution in [1.82, 2.24) is 0 Å². The molecule has 0 saturated heterocycles. The highest BCUT2D eigenvalue weighted by atomic mass is 28.3. The summed E-state index contributed by atoms with van der Waals surface area (Å²) in [5, 5.41) is 34.6. The summed E-state index contributed by atoms with van der Waals surface area (Å²) < 4.78 is 0. The smallest absolute Gasteiger partial charge is 0.492 e. The van der Waals surface area contributed by atoms with Gasteiger partial charge >= 0.3 is 7.12 Å². The molecule has 0 aliphatic rings. The van der Waals surface area contributed by atoms with Gasteiger partial charge in [-0.1, -0.05) is 127 Å². The maximum Gasteiger partial charge on any atom is 0.492 e. The molecular formula is C30H25BO3Si. The Labute approximate surface area is 206 Å². The molecule has 0 aromatic heterocycles. The maximum absolute atomic E-state index is 10.1. The van der Waals surface area contributed by atoms with Crippen molar-refractivity contribution in [2.75, 3.05) is 0 Å². The second-order valence-electron chi connectivity index (χ2n) is 8.58. The lowest BCUT2D eigenvalue weighted by Crippen LogP contribution is -2.74. The topological polar surface area (TPSA) is 60.7 Å². The first-order valence-electron chi connectivity index (χ1n) is 11.6. The molecule has 5 aromatic rings. The predicted molar refractivity (Wildman–Crippen MR) is 147 cm³/mol. The Morgan fingerprint density at radius 1 is 0.457 bits per heavy atom. The molecule has 0 heterocycles. The Kier molecular flexibility index (Phi) is 6.38. The zero-order valence-corrected chi connectivity index (χ0v) is 20.1. The van der Waals surface area contributed by atoms with Gasteiger partial charge in [-0.15, -0.1) is 0 Å². The zero-order valence-electron chi connectivity index (χ0n) is 19.1. The van der Waals surface area contributed by atoms with Gasteiger partial charge in [0, 0.05) is 5.46 Å². The third-order valence-corrected chi connectivity index (χ3v) is 11.3. The number of hydrogen-bond donors (Lipinski definition) is 3. The standard InChI is InChI=1S/C30H25BO3Si/c32-30-20-19-24(22-29(30)31(33)34)23-11-10-18-28(21-23)35(25-12-4-1-5-13-25,26-14-6-2-7-15-26)27-16-8-3-9-17-27/h1-22,32-34H. The second kappa shape index (κ2) is 9.76. The van der Waals surface area contributed by atoms with Crippen LogP contribution in [-0.4, -0.2) is 30.3 Å². The summed E-state index contributed by atoms with van der Waals surface area (Å²) in [5.41, 5.74) is 1.85. The van der Waals surface area contributed by atoms with Crippen LogP contribution in [-0.2, 0) is 0 Å². The molecule has 0 unspecified atom stereocenters. The van der Waals surface area contributed by atoms with E-state index in [9.17, 15) is 15.2 Å². The van der Waals surface area contributed by atoms with Gasteiger partial charge in [-0.05, 0) is 37.9 Å². The Bertz CT molecular complexity index is 1330. The lowest BCUT2D eigenvalue weighted by molar-refractivity contribution is 0.419. The average Bonchev–Trinajstić information content (AvgIpc) is 2.91. The van der Waals surface area contributed by atoms with Crippen LogP contribution in [0.15, 0.2) is 133 Å². The molecule has 3 N–H and O–H groups in total. The SMILES string of the molecule is OB(O)c1cc(-c2cccc([Si](c3ccccc3)(c3ccccc3)c3ccccc3)c2)ccc1O. The van der Waals surface area contributed by atoms with Crippen molar-refractivity contribution in [2.24, 2.45) is 0 Å². The molecule has 0 bridgehead atoms. The van der Waals surface area contributed by atoms with E-state index < -0.39 is 15.2 Å². The highest BCUT2D eigenvalue weighted by Crippen LogP contribution is 2.21. The molecule has 5 aromatic carbocycles. The molecule has 3 nitrogen and oxygen atoms in total. The highest BCUT2D eigenvalue weighted by molar-refractivity contribution is 7.19. The first-order valence-corrected chi connectivity index (χ1v) is 13.6. The largest absolute Gasteiger partial charge is 0.508 e. The summed E-state index contributed by atoms with van der Waals surface area (Å²) in [6.45, 7) is 0. The van der Waals surface area contributed by atoms with Crippen molar-refractivity contribution < 1.29 is 15.2 Å². The van der Waals surface area contributed by atoms with Crippen LogP contribution >= 0.6 is 0 Å². The van der Waals surface area contributed by atoms with Gasteiger partial charge in [-0.2, -0.15) is 0 Å². The fourth-order valence-electron chi connectivity index (χ4n) is 4.94. The molecule has 0 aliphatic carbocycles. The van der Waals surface area contributed by atoms with Crippen LogP contribution < -0.4 is 26.2 Å². The number of phenolic OH excluding ortho intramolecular Hbond substituents is 1. The van der Waals surface area contributed by atoms with Crippen LogP contribution in [0.3, 0.4) is 0 Å². The minimum atomic E-state index is -2.66. The third kappa shape index (κ3) is 4.21. The molecule has 0 aliphatic heterocycles. The van der Waals surface area contributed by atoms with Crippen molar-refractivity contribution in [2.45, 2.75) is 0 Å². The predicted octanol–water partition coefficient (Wildman–Crippen LogP) is 2.12. The van der Waals surface area contributed by atoms with E-state index in [-0.39, 0.29) is 11.2 Å². The van der Waals surface area contributed by atoms with Gasteiger partial charge in [0.2, 0.25) is 0 Å². The van der Waals surface area contributed by atoms with E-state index in [1.54, 1.807) is 12.1 Å². The Morgan fingerprint density at radius 3 is 1.40 bits per heavy atom. The van der Waals surface area contributed by atoms with Gasteiger partial charge in [0.15, 0.2) is 8.07 Å². The lowest BCUT2D eigenvalue weighted by Gasteiger charge is -2.34. The van der Waals surface area contributed by atoms with Crippen LogP contribution in [0.1, 0.15) is 0 Å². The highest BCUT2D eigenvalue weighted by Gasteiger charge is 2.41. The van der Waals surface area contributed by atoms with E-state index in [0.29, 0.717) is 0 Å². The van der Waals surface area contributed by atoms with E-state index >= 15 is 0 Å². The van der Waals surface area contributed by atoms with Crippen molar-refractivity contribution in [3.8, 4) is 16.9 Å². The fraction of sp³-hybridized carbons (Fsp3) is 0. The molecule has 0 spiro atoms. The van der Waals surface area contributed by atoms with Crippen molar-refractivity contribution in [3.05, 3.63) is 133 Å². The molecule has 5 heteroatoms. The number of aromatic hydroxyl groups is 1. The molecule has 0 fully saturated rings. The summed E-state index contributed by atoms with van der Waals surface area (Å²) in [6, 6.07) is 45.5. The first kappa shape index (κ1) is 22.9. The lowest BCUT2D eigenvalue weighted by atomic mass is 9.78. The monoisotopic (exact) mass is 472 g/mol. The van der Waals surface area contributed by atoms with Crippen LogP contribution in [0.4, 0.5) is 0 Å². The van der Waals surface area contributed by atoms with E-state index in [1.807, 2.05) is 24.3 Å². The van der Waals surface area contributed by atoms with Crippen molar-refractivity contribution >= 4 is 41.4 Å². The minimum absolute atomic E-state index is 0.0885. The Hall–Kier alpha value is -3.90. The molecule has 0 radical (unpaired) electrons. The second-order valence-corrected chi connectivity index (χ2v) is 12.4. The van der Waals surface area contributed by atoms with Gasteiger partial charge < -0.3 is 15.2 Å². The number of phenols is 1. The summed E-state index contributed by atoms with van der Waals surface area (Å²) in [6.07, 6.45) is 0. The molecule has 0 atom stereocenters. The van der Waals surface area contributed by atoms with E-state index in [1.165, 1.54) is 26.8 Å². The summed E-state index contributed by atoms with van der Waals surface area (Å²) in [5.74, 6) is -0.138. The van der Waals surface area contributed by atoms with E-state index in [4.69, 9.17) is 0 Å². The Balaban J connectivity index is 1.81. The summed E-state index contributed by atoms with van der Waals surface area (Å²) >= 11 is 0. The fourth-order valence-corrected chi connectivity index (χ4v) is 9.73. The minimum Gasteiger partial charge on any atom is -0.508 e. The van der Waals surface area contributed by atoms with Gasteiger partial charge in [-0.3, -0.25) is 0 Å². The first-order chi connectivity index (χ1) is 17.1. The average molecular weight is 472 g/mol. The van der Waals surface area contributed by atoms with Crippen molar-refractivity contribution in [1.29, 1.82) is 0 Å². The maximum atomic E-state index is 10.1. The van der Waals surface area contributed by atoms with Crippen LogP contribution in [0, 0.1) is 0 Å². The molecule has 170 valence electrons. The van der Waals surface area contributed by atoms with Crippen molar-refractivity contribution in [3.63, 3.8) is 0 Å². The van der Waals surface area contributed by atoms with Crippen LogP contribution in [0.25, 0.3) is 11.1 Å². The van der Waals surface area contributed by atoms with Gasteiger partial charge in [0.05, 0.1) is 0 Å².